The van der Waals surface area contributed by atoms with Gasteiger partial charge in [-0.15, -0.1) is 0 Å². The minimum atomic E-state index is -3.73. The van der Waals surface area contributed by atoms with Crippen LogP contribution in [-0.4, -0.2) is 43.5 Å². The first-order valence-electron chi connectivity index (χ1n) is 11.5. The third-order valence-corrected chi connectivity index (χ3v) is 7.76. The quantitative estimate of drug-likeness (QED) is 0.467. The first-order chi connectivity index (χ1) is 16.8. The summed E-state index contributed by atoms with van der Waals surface area (Å²) in [6.45, 7) is 7.00. The Morgan fingerprint density at radius 1 is 1.11 bits per heavy atom. The molecule has 4 rings (SSSR count). The number of anilines is 1. The molecule has 0 atom stereocenters. The maximum Gasteiger partial charge on any atom is 0.255 e. The van der Waals surface area contributed by atoms with Gasteiger partial charge in [-0.25, -0.2) is 8.42 Å². The van der Waals surface area contributed by atoms with E-state index < -0.39 is 10.0 Å². The molecule has 186 valence electrons. The molecule has 0 spiro atoms. The van der Waals surface area contributed by atoms with Crippen LogP contribution in [0.2, 0.25) is 0 Å². The second kappa shape index (κ2) is 10.5. The lowest BCUT2D eigenvalue weighted by Crippen LogP contribution is -2.28. The Kier molecular flexibility index (Phi) is 7.42. The van der Waals surface area contributed by atoms with E-state index in [4.69, 9.17) is 14.0 Å². The Labute approximate surface area is 205 Å². The van der Waals surface area contributed by atoms with Crippen molar-refractivity contribution >= 4 is 21.6 Å². The maximum atomic E-state index is 13.2. The minimum Gasteiger partial charge on any atom is -0.492 e. The second-order valence-corrected chi connectivity index (χ2v) is 10.2. The summed E-state index contributed by atoms with van der Waals surface area (Å²) in [6, 6.07) is 11.4. The van der Waals surface area contributed by atoms with Crippen LogP contribution in [-0.2, 0) is 16.6 Å². The number of carbonyl (C=O) groups excluding carboxylic acids is 1. The van der Waals surface area contributed by atoms with Crippen molar-refractivity contribution < 1.29 is 27.2 Å². The number of rotatable bonds is 9. The van der Waals surface area contributed by atoms with Crippen LogP contribution in [0.3, 0.4) is 0 Å². The van der Waals surface area contributed by atoms with Crippen LogP contribution < -0.4 is 14.8 Å². The fourth-order valence-electron chi connectivity index (χ4n) is 3.92. The zero-order valence-electron chi connectivity index (χ0n) is 20.0. The van der Waals surface area contributed by atoms with E-state index in [2.05, 4.69) is 10.5 Å². The van der Waals surface area contributed by atoms with Crippen molar-refractivity contribution in [2.75, 3.05) is 25.0 Å². The van der Waals surface area contributed by atoms with Gasteiger partial charge < -0.3 is 19.3 Å². The van der Waals surface area contributed by atoms with Crippen LogP contribution in [0.4, 0.5) is 5.69 Å². The molecule has 1 aliphatic rings. The topological polar surface area (TPSA) is 111 Å². The Bertz CT molecular complexity index is 1290. The number of hydrogen-bond donors (Lipinski definition) is 1. The van der Waals surface area contributed by atoms with Gasteiger partial charge in [0, 0.05) is 24.3 Å². The molecule has 0 unspecified atom stereocenters. The van der Waals surface area contributed by atoms with Crippen molar-refractivity contribution in [3.63, 3.8) is 0 Å². The van der Waals surface area contributed by atoms with E-state index in [1.165, 1.54) is 10.4 Å². The lowest BCUT2D eigenvalue weighted by Gasteiger charge is -2.19. The summed E-state index contributed by atoms with van der Waals surface area (Å²) in [5.41, 5.74) is 2.35. The summed E-state index contributed by atoms with van der Waals surface area (Å²) in [5.74, 6) is 1.09. The van der Waals surface area contributed by atoms with Gasteiger partial charge >= 0.3 is 0 Å². The molecule has 0 radical (unpaired) electrons. The molecule has 0 bridgehead atoms. The average molecular weight is 500 g/mol. The summed E-state index contributed by atoms with van der Waals surface area (Å²) >= 11 is 0. The summed E-state index contributed by atoms with van der Waals surface area (Å²) in [7, 11) is -3.73. The molecule has 35 heavy (non-hydrogen) atoms. The highest BCUT2D eigenvalue weighted by Gasteiger charge is 2.30. The Hall–Kier alpha value is -3.37. The van der Waals surface area contributed by atoms with Crippen LogP contribution in [0, 0.1) is 13.8 Å². The number of hydrogen-bond acceptors (Lipinski definition) is 7. The molecule has 3 aromatic rings. The van der Waals surface area contributed by atoms with E-state index in [1.54, 1.807) is 43.3 Å². The van der Waals surface area contributed by atoms with E-state index in [0.29, 0.717) is 42.5 Å². The van der Waals surface area contributed by atoms with Gasteiger partial charge in [-0.05, 0) is 70.0 Å². The number of aromatic nitrogens is 1. The summed E-state index contributed by atoms with van der Waals surface area (Å²) in [4.78, 5) is 13.0. The maximum absolute atomic E-state index is 13.2. The van der Waals surface area contributed by atoms with Gasteiger partial charge in [0.2, 0.25) is 10.0 Å². The van der Waals surface area contributed by atoms with E-state index in [0.717, 1.165) is 24.1 Å². The molecule has 1 saturated heterocycles. The number of carbonyl (C=O) groups is 1. The lowest BCUT2D eigenvalue weighted by atomic mass is 10.2. The molecule has 1 amide bonds. The van der Waals surface area contributed by atoms with Crippen molar-refractivity contribution in [1.82, 2.24) is 9.46 Å². The molecular formula is C25H29N3O6S. The fourth-order valence-corrected chi connectivity index (χ4v) is 5.60. The predicted octanol–water partition coefficient (Wildman–Crippen LogP) is 4.31. The Balaban J connectivity index is 1.52. The normalized spacial score (nSPS) is 14.1. The van der Waals surface area contributed by atoms with Gasteiger partial charge in [0.1, 0.15) is 28.8 Å². The van der Waals surface area contributed by atoms with Gasteiger partial charge in [-0.3, -0.25) is 4.79 Å². The van der Waals surface area contributed by atoms with Gasteiger partial charge in [0.25, 0.3) is 5.91 Å². The van der Waals surface area contributed by atoms with Gasteiger partial charge in [-0.2, -0.15) is 4.31 Å². The molecule has 2 aromatic carbocycles. The monoisotopic (exact) mass is 499 g/mol. The lowest BCUT2D eigenvalue weighted by molar-refractivity contribution is 0.102. The number of nitrogens with one attached hydrogen (secondary N) is 1. The second-order valence-electron chi connectivity index (χ2n) is 8.28. The standard InChI is InChI=1S/C25H29N3O6S/c1-4-32-23-11-10-20(15-24(23)35(30,31)28-12-5-6-13-28)26-25(29)19-8-7-9-21(14-19)33-16-22-17(2)27-34-18(22)3/h7-11,14-15H,4-6,12-13,16H2,1-3H3,(H,26,29). The Morgan fingerprint density at radius 2 is 1.89 bits per heavy atom. The molecule has 1 fully saturated rings. The first kappa shape index (κ1) is 24.7. The van der Waals surface area contributed by atoms with E-state index >= 15 is 0 Å². The van der Waals surface area contributed by atoms with Crippen molar-refractivity contribution in [1.29, 1.82) is 0 Å². The molecule has 10 heteroatoms. The molecular weight excluding hydrogens is 470 g/mol. The predicted molar refractivity (Wildman–Crippen MR) is 130 cm³/mol. The highest BCUT2D eigenvalue weighted by atomic mass is 32.2. The smallest absolute Gasteiger partial charge is 0.255 e. The van der Waals surface area contributed by atoms with Crippen molar-refractivity contribution in [3.8, 4) is 11.5 Å². The first-order valence-corrected chi connectivity index (χ1v) is 13.0. The molecule has 1 N–H and O–H groups in total. The van der Waals surface area contributed by atoms with Gasteiger partial charge in [0.15, 0.2) is 0 Å². The summed E-state index contributed by atoms with van der Waals surface area (Å²) in [6.07, 6.45) is 1.66. The van der Waals surface area contributed by atoms with Crippen LogP contribution >= 0.6 is 0 Å². The molecule has 2 heterocycles. The van der Waals surface area contributed by atoms with Crippen LogP contribution in [0.5, 0.6) is 11.5 Å². The number of aryl methyl sites for hydroxylation is 2. The SMILES string of the molecule is CCOc1ccc(NC(=O)c2cccc(OCc3c(C)noc3C)c2)cc1S(=O)(=O)N1CCCC1. The number of sulfonamides is 1. The Morgan fingerprint density at radius 3 is 2.57 bits per heavy atom. The minimum absolute atomic E-state index is 0.0515. The van der Waals surface area contributed by atoms with Gasteiger partial charge in [0.05, 0.1) is 17.9 Å². The van der Waals surface area contributed by atoms with E-state index in [1.807, 2.05) is 13.8 Å². The van der Waals surface area contributed by atoms with Crippen LogP contribution in [0.25, 0.3) is 0 Å². The number of benzene rings is 2. The highest BCUT2D eigenvalue weighted by Crippen LogP contribution is 2.32. The van der Waals surface area contributed by atoms with Crippen LogP contribution in [0.15, 0.2) is 51.9 Å². The molecule has 1 aromatic heterocycles. The largest absolute Gasteiger partial charge is 0.492 e. The van der Waals surface area contributed by atoms with Crippen molar-refractivity contribution in [2.45, 2.75) is 45.1 Å². The molecule has 0 aliphatic carbocycles. The molecule has 9 nitrogen and oxygen atoms in total. The summed E-state index contributed by atoms with van der Waals surface area (Å²) < 4.78 is 44.4. The zero-order valence-corrected chi connectivity index (χ0v) is 20.9. The van der Waals surface area contributed by atoms with E-state index in [-0.39, 0.29) is 23.2 Å². The zero-order chi connectivity index (χ0) is 25.0. The number of nitrogens with zero attached hydrogens (tertiary/aromatic N) is 2. The van der Waals surface area contributed by atoms with Crippen LogP contribution in [0.1, 0.15) is 47.1 Å². The van der Waals surface area contributed by atoms with Crippen molar-refractivity contribution in [3.05, 3.63) is 65.0 Å². The number of amides is 1. The number of ether oxygens (including phenoxy) is 2. The van der Waals surface area contributed by atoms with E-state index in [9.17, 15) is 13.2 Å². The van der Waals surface area contributed by atoms with Crippen molar-refractivity contribution in [2.24, 2.45) is 0 Å². The highest BCUT2D eigenvalue weighted by molar-refractivity contribution is 7.89. The molecule has 0 saturated carbocycles. The summed E-state index contributed by atoms with van der Waals surface area (Å²) in [5, 5.41) is 6.70. The fraction of sp³-hybridized carbons (Fsp3) is 0.360. The third-order valence-electron chi connectivity index (χ3n) is 5.84. The third kappa shape index (κ3) is 5.49. The average Bonchev–Trinajstić information content (AvgIpc) is 3.50. The van der Waals surface area contributed by atoms with Gasteiger partial charge in [-0.1, -0.05) is 11.2 Å². The molecule has 1 aliphatic heterocycles.